The van der Waals surface area contributed by atoms with Crippen molar-refractivity contribution >= 4 is 11.7 Å². The second-order valence-electron chi connectivity index (χ2n) is 11.1. The molecule has 0 amide bonds. The van der Waals surface area contributed by atoms with Gasteiger partial charge in [0.1, 0.15) is 11.9 Å². The molecule has 6 rings (SSSR count). The van der Waals surface area contributed by atoms with Gasteiger partial charge in [0, 0.05) is 29.0 Å². The van der Waals surface area contributed by atoms with E-state index in [0.717, 1.165) is 49.1 Å². The predicted molar refractivity (Wildman–Crippen MR) is 156 cm³/mol. The zero-order valence-electron chi connectivity index (χ0n) is 23.4. The first-order chi connectivity index (χ1) is 19.0. The average molecular weight is 520 g/mol. The SMILES string of the molecule is CCCCCC1=C2C(OC)=C3[C@H](c4ccc(C)cc4)N(Cc4ccc(C)cc4)c4ccccc4[C@H]3[C@@H]2OC1=O. The fourth-order valence-corrected chi connectivity index (χ4v) is 6.62. The number of nitrogens with zero attached hydrogens (tertiary/aromatic N) is 1. The summed E-state index contributed by atoms with van der Waals surface area (Å²) in [6, 6.07) is 26.2. The van der Waals surface area contributed by atoms with Crippen LogP contribution in [0.1, 0.15) is 72.4 Å². The molecule has 0 unspecified atom stereocenters. The maximum absolute atomic E-state index is 13.2. The largest absolute Gasteiger partial charge is 0.496 e. The van der Waals surface area contributed by atoms with Crippen molar-refractivity contribution in [1.29, 1.82) is 0 Å². The first-order valence-electron chi connectivity index (χ1n) is 14.2. The summed E-state index contributed by atoms with van der Waals surface area (Å²) in [6.07, 6.45) is 3.57. The number of fused-ring (bicyclic) bond motifs is 5. The zero-order valence-corrected chi connectivity index (χ0v) is 23.4. The topological polar surface area (TPSA) is 38.8 Å². The number of carbonyl (C=O) groups is 1. The zero-order chi connectivity index (χ0) is 27.1. The number of hydrogen-bond acceptors (Lipinski definition) is 4. The van der Waals surface area contributed by atoms with Gasteiger partial charge < -0.3 is 14.4 Å². The number of ether oxygens (including phenoxy) is 2. The summed E-state index contributed by atoms with van der Waals surface area (Å²) in [6.45, 7) is 7.20. The molecule has 4 heteroatoms. The molecule has 0 saturated heterocycles. The van der Waals surface area contributed by atoms with Crippen LogP contribution < -0.4 is 4.90 Å². The minimum absolute atomic E-state index is 0.0459. The molecule has 2 aliphatic heterocycles. The van der Waals surface area contributed by atoms with Gasteiger partial charge in [0.2, 0.25) is 0 Å². The first-order valence-corrected chi connectivity index (χ1v) is 14.2. The molecule has 0 spiro atoms. The first kappa shape index (κ1) is 25.5. The van der Waals surface area contributed by atoms with Crippen LogP contribution in [0.3, 0.4) is 0 Å². The lowest BCUT2D eigenvalue weighted by Crippen LogP contribution is -2.38. The number of hydrogen-bond donors (Lipinski definition) is 0. The van der Waals surface area contributed by atoms with Crippen LogP contribution in [0, 0.1) is 13.8 Å². The molecular formula is C35H37NO3. The Morgan fingerprint density at radius 1 is 0.897 bits per heavy atom. The minimum atomic E-state index is -0.338. The van der Waals surface area contributed by atoms with Gasteiger partial charge in [-0.25, -0.2) is 4.79 Å². The molecule has 4 nitrogen and oxygen atoms in total. The van der Waals surface area contributed by atoms with Gasteiger partial charge >= 0.3 is 5.97 Å². The van der Waals surface area contributed by atoms with E-state index in [-0.39, 0.29) is 24.0 Å². The van der Waals surface area contributed by atoms with E-state index in [4.69, 9.17) is 9.47 Å². The average Bonchev–Trinajstić information content (AvgIpc) is 3.43. The second kappa shape index (κ2) is 10.4. The number of aryl methyl sites for hydroxylation is 2. The highest BCUT2D eigenvalue weighted by Crippen LogP contribution is 2.59. The van der Waals surface area contributed by atoms with Crippen LogP contribution in [0.15, 0.2) is 95.3 Å². The molecule has 200 valence electrons. The van der Waals surface area contributed by atoms with Crippen molar-refractivity contribution in [3.63, 3.8) is 0 Å². The van der Waals surface area contributed by atoms with Crippen molar-refractivity contribution in [3.05, 3.63) is 123 Å². The Hall–Kier alpha value is -3.79. The summed E-state index contributed by atoms with van der Waals surface area (Å²) < 4.78 is 12.5. The van der Waals surface area contributed by atoms with Gasteiger partial charge in [-0.05, 0) is 49.4 Å². The highest BCUT2D eigenvalue weighted by molar-refractivity contribution is 5.95. The third-order valence-electron chi connectivity index (χ3n) is 8.52. The monoisotopic (exact) mass is 519 g/mol. The van der Waals surface area contributed by atoms with Crippen LogP contribution in [0.5, 0.6) is 0 Å². The van der Waals surface area contributed by atoms with E-state index in [9.17, 15) is 4.79 Å². The van der Waals surface area contributed by atoms with E-state index >= 15 is 0 Å². The number of anilines is 1. The minimum Gasteiger partial charge on any atom is -0.496 e. The Morgan fingerprint density at radius 2 is 1.59 bits per heavy atom. The maximum Gasteiger partial charge on any atom is 0.335 e. The summed E-state index contributed by atoms with van der Waals surface area (Å²) in [7, 11) is 1.75. The molecule has 3 aromatic carbocycles. The van der Waals surface area contributed by atoms with Crippen LogP contribution in [-0.4, -0.2) is 19.2 Å². The number of benzene rings is 3. The van der Waals surface area contributed by atoms with Gasteiger partial charge in [-0.15, -0.1) is 0 Å². The molecule has 1 aliphatic carbocycles. The summed E-state index contributed by atoms with van der Waals surface area (Å²) in [4.78, 5) is 15.7. The van der Waals surface area contributed by atoms with Gasteiger partial charge in [0.15, 0.2) is 0 Å². The van der Waals surface area contributed by atoms with Crippen molar-refractivity contribution in [1.82, 2.24) is 0 Å². The van der Waals surface area contributed by atoms with Crippen molar-refractivity contribution < 1.29 is 14.3 Å². The molecule has 3 atom stereocenters. The van der Waals surface area contributed by atoms with E-state index in [0.29, 0.717) is 0 Å². The van der Waals surface area contributed by atoms with E-state index < -0.39 is 0 Å². The van der Waals surface area contributed by atoms with E-state index in [1.807, 2.05) is 0 Å². The van der Waals surface area contributed by atoms with Crippen LogP contribution in [-0.2, 0) is 20.8 Å². The van der Waals surface area contributed by atoms with Crippen LogP contribution in [0.2, 0.25) is 0 Å². The summed E-state index contributed by atoms with van der Waals surface area (Å²) in [5.74, 6) is 0.599. The number of para-hydroxylation sites is 1. The van der Waals surface area contributed by atoms with Crippen LogP contribution in [0.25, 0.3) is 0 Å². The Labute approximate surface area is 232 Å². The molecular weight excluding hydrogens is 482 g/mol. The summed E-state index contributed by atoms with van der Waals surface area (Å²) in [5, 5.41) is 0. The maximum atomic E-state index is 13.2. The summed E-state index contributed by atoms with van der Waals surface area (Å²) in [5.41, 5.74) is 10.3. The van der Waals surface area contributed by atoms with Crippen molar-refractivity contribution in [2.75, 3.05) is 12.0 Å². The van der Waals surface area contributed by atoms with E-state index in [1.54, 1.807) is 7.11 Å². The quantitative estimate of drug-likeness (QED) is 0.224. The highest BCUT2D eigenvalue weighted by atomic mass is 16.6. The van der Waals surface area contributed by atoms with Crippen LogP contribution >= 0.6 is 0 Å². The molecule has 0 N–H and O–H groups in total. The van der Waals surface area contributed by atoms with E-state index in [2.05, 4.69) is 98.5 Å². The fourth-order valence-electron chi connectivity index (χ4n) is 6.62. The Morgan fingerprint density at radius 3 is 2.28 bits per heavy atom. The standard InChI is InChI=1S/C35H37NO3/c1-5-6-7-11-27-30-33(38-4)31-29(34(30)39-35(27)37)26-10-8-9-12-28(26)36(21-24-17-13-22(2)14-18-24)32(31)25-19-15-23(3)16-20-25/h8-10,12-20,29,32,34H,5-7,11,21H2,1-4H3/t29-,32+,34+/m1/s1. The number of esters is 1. The molecule has 39 heavy (non-hydrogen) atoms. The third kappa shape index (κ3) is 4.36. The van der Waals surface area contributed by atoms with E-state index in [1.165, 1.54) is 39.1 Å². The summed E-state index contributed by atoms with van der Waals surface area (Å²) >= 11 is 0. The van der Waals surface area contributed by atoms with Gasteiger partial charge in [-0.3, -0.25) is 0 Å². The van der Waals surface area contributed by atoms with Crippen molar-refractivity contribution in [2.45, 2.75) is 71.1 Å². The molecule has 0 fully saturated rings. The smallest absolute Gasteiger partial charge is 0.335 e. The van der Waals surface area contributed by atoms with Crippen molar-refractivity contribution in [2.24, 2.45) is 0 Å². The predicted octanol–water partition coefficient (Wildman–Crippen LogP) is 7.86. The lowest BCUT2D eigenvalue weighted by Gasteiger charge is -2.44. The lowest BCUT2D eigenvalue weighted by molar-refractivity contribution is -0.140. The van der Waals surface area contributed by atoms with Gasteiger partial charge in [0.25, 0.3) is 0 Å². The van der Waals surface area contributed by atoms with Gasteiger partial charge in [-0.1, -0.05) is 97.6 Å². The molecule has 3 aromatic rings. The Bertz CT molecular complexity index is 1450. The fraction of sp³-hybridized carbons (Fsp3) is 0.343. The third-order valence-corrected chi connectivity index (χ3v) is 8.52. The van der Waals surface area contributed by atoms with Crippen molar-refractivity contribution in [3.8, 4) is 0 Å². The number of methoxy groups -OCH3 is 1. The molecule has 2 heterocycles. The Balaban J connectivity index is 1.58. The number of unbranched alkanes of at least 4 members (excludes halogenated alkanes) is 2. The molecule has 3 aliphatic rings. The van der Waals surface area contributed by atoms with Gasteiger partial charge in [-0.2, -0.15) is 0 Å². The molecule has 0 bridgehead atoms. The lowest BCUT2D eigenvalue weighted by atomic mass is 9.78. The highest BCUT2D eigenvalue weighted by Gasteiger charge is 2.55. The molecule has 0 saturated carbocycles. The molecule has 0 aromatic heterocycles. The Kier molecular flexibility index (Phi) is 6.80. The second-order valence-corrected chi connectivity index (χ2v) is 11.1. The molecule has 0 radical (unpaired) electrons. The normalized spacial score (nSPS) is 21.6. The number of carbonyl (C=O) groups excluding carboxylic acids is 1. The van der Waals surface area contributed by atoms with Crippen LogP contribution in [0.4, 0.5) is 5.69 Å². The number of rotatable bonds is 8. The van der Waals surface area contributed by atoms with Gasteiger partial charge in [0.05, 0.1) is 19.1 Å².